The van der Waals surface area contributed by atoms with Gasteiger partial charge in [-0.1, -0.05) is 19.1 Å². The van der Waals surface area contributed by atoms with E-state index in [1.165, 1.54) is 12.0 Å². The van der Waals surface area contributed by atoms with Gasteiger partial charge in [-0.3, -0.25) is 0 Å². The number of likely N-dealkylation sites (N-methyl/N-ethyl adjacent to an activating group) is 1. The maximum absolute atomic E-state index is 5.79. The molecule has 0 saturated heterocycles. The molecule has 0 spiro atoms. The minimum atomic E-state index is 0.615. The van der Waals surface area contributed by atoms with Gasteiger partial charge in [0.05, 0.1) is 0 Å². The Hall–Kier alpha value is -1.06. The maximum atomic E-state index is 5.79. The van der Waals surface area contributed by atoms with Crippen LogP contribution < -0.4 is 10.1 Å². The Morgan fingerprint density at radius 2 is 2.17 bits per heavy atom. The first-order valence-electron chi connectivity index (χ1n) is 6.74. The zero-order valence-corrected chi connectivity index (χ0v) is 12.1. The second-order valence-corrected chi connectivity index (χ2v) is 4.76. The monoisotopic (exact) mass is 250 g/mol. The van der Waals surface area contributed by atoms with Crippen LogP contribution in [0.2, 0.25) is 0 Å². The fraction of sp³-hybridized carbons (Fsp3) is 0.600. The zero-order valence-electron chi connectivity index (χ0n) is 12.1. The Kier molecular flexibility index (Phi) is 6.76. The number of nitrogens with one attached hydrogen (secondary N) is 1. The third kappa shape index (κ3) is 5.07. The summed E-state index contributed by atoms with van der Waals surface area (Å²) in [6.07, 6.45) is 1.17. The van der Waals surface area contributed by atoms with Gasteiger partial charge in [-0.25, -0.2) is 0 Å². The molecule has 102 valence electrons. The van der Waals surface area contributed by atoms with Crippen LogP contribution in [0.1, 0.15) is 25.8 Å². The standard InChI is InChI=1S/C15H26N2O/c1-5-13(2)17(4)9-10-18-15-8-6-7-14(11-15)12-16-3/h6-8,11,13,16H,5,9-10,12H2,1-4H3. The fourth-order valence-corrected chi connectivity index (χ4v) is 1.79. The van der Waals surface area contributed by atoms with Crippen molar-refractivity contribution < 1.29 is 4.74 Å². The molecule has 0 bridgehead atoms. The van der Waals surface area contributed by atoms with E-state index in [0.29, 0.717) is 6.04 Å². The van der Waals surface area contributed by atoms with Crippen molar-refractivity contribution in [2.75, 3.05) is 27.2 Å². The molecule has 1 aromatic carbocycles. The summed E-state index contributed by atoms with van der Waals surface area (Å²) in [5.41, 5.74) is 1.25. The average molecular weight is 250 g/mol. The van der Waals surface area contributed by atoms with Crippen LogP contribution in [0.25, 0.3) is 0 Å². The maximum Gasteiger partial charge on any atom is 0.119 e. The fourth-order valence-electron chi connectivity index (χ4n) is 1.79. The highest BCUT2D eigenvalue weighted by atomic mass is 16.5. The van der Waals surface area contributed by atoms with Crippen LogP contribution in [0.3, 0.4) is 0 Å². The summed E-state index contributed by atoms with van der Waals surface area (Å²) in [4.78, 5) is 2.33. The Bertz CT molecular complexity index is 341. The van der Waals surface area contributed by atoms with Crippen molar-refractivity contribution in [2.24, 2.45) is 0 Å². The van der Waals surface area contributed by atoms with Gasteiger partial charge in [0.15, 0.2) is 0 Å². The van der Waals surface area contributed by atoms with Crippen LogP contribution in [0, 0.1) is 0 Å². The Morgan fingerprint density at radius 3 is 2.83 bits per heavy atom. The number of nitrogens with zero attached hydrogens (tertiary/aromatic N) is 1. The Morgan fingerprint density at radius 1 is 1.39 bits per heavy atom. The minimum Gasteiger partial charge on any atom is -0.492 e. The number of benzene rings is 1. The van der Waals surface area contributed by atoms with Crippen molar-refractivity contribution in [3.63, 3.8) is 0 Å². The van der Waals surface area contributed by atoms with Gasteiger partial charge in [-0.15, -0.1) is 0 Å². The lowest BCUT2D eigenvalue weighted by molar-refractivity contribution is 0.196. The van der Waals surface area contributed by atoms with E-state index in [1.54, 1.807) is 0 Å². The summed E-state index contributed by atoms with van der Waals surface area (Å²) in [5, 5.41) is 3.14. The Balaban J connectivity index is 2.37. The molecule has 1 N–H and O–H groups in total. The molecular formula is C15H26N2O. The van der Waals surface area contributed by atoms with E-state index in [1.807, 2.05) is 19.2 Å². The van der Waals surface area contributed by atoms with E-state index < -0.39 is 0 Å². The van der Waals surface area contributed by atoms with Gasteiger partial charge < -0.3 is 15.0 Å². The first kappa shape index (κ1) is 15.0. The number of rotatable bonds is 8. The lowest BCUT2D eigenvalue weighted by atomic mass is 10.2. The van der Waals surface area contributed by atoms with Crippen LogP contribution >= 0.6 is 0 Å². The molecule has 0 saturated carbocycles. The number of hydrogen-bond donors (Lipinski definition) is 1. The summed E-state index contributed by atoms with van der Waals surface area (Å²) in [6.45, 7) is 7.04. The topological polar surface area (TPSA) is 24.5 Å². The van der Waals surface area contributed by atoms with Crippen molar-refractivity contribution in [3.05, 3.63) is 29.8 Å². The van der Waals surface area contributed by atoms with E-state index in [0.717, 1.165) is 25.4 Å². The molecule has 0 aliphatic rings. The number of hydrogen-bond acceptors (Lipinski definition) is 3. The minimum absolute atomic E-state index is 0.615. The van der Waals surface area contributed by atoms with Crippen LogP contribution in [0.5, 0.6) is 5.75 Å². The molecule has 0 aliphatic carbocycles. The van der Waals surface area contributed by atoms with Crippen molar-refractivity contribution in [2.45, 2.75) is 32.9 Å². The van der Waals surface area contributed by atoms with Crippen molar-refractivity contribution in [1.82, 2.24) is 10.2 Å². The van der Waals surface area contributed by atoms with E-state index >= 15 is 0 Å². The van der Waals surface area contributed by atoms with Crippen molar-refractivity contribution >= 4 is 0 Å². The number of ether oxygens (including phenoxy) is 1. The average Bonchev–Trinajstić information content (AvgIpc) is 2.38. The largest absolute Gasteiger partial charge is 0.492 e. The summed E-state index contributed by atoms with van der Waals surface area (Å²) in [6, 6.07) is 8.88. The van der Waals surface area contributed by atoms with Gasteiger partial charge in [0.1, 0.15) is 12.4 Å². The van der Waals surface area contributed by atoms with Crippen LogP contribution in [0.15, 0.2) is 24.3 Å². The molecule has 0 radical (unpaired) electrons. The van der Waals surface area contributed by atoms with Crippen molar-refractivity contribution in [1.29, 1.82) is 0 Å². The summed E-state index contributed by atoms with van der Waals surface area (Å²) in [5.74, 6) is 0.959. The van der Waals surface area contributed by atoms with Gasteiger partial charge in [0, 0.05) is 19.1 Å². The highest BCUT2D eigenvalue weighted by Crippen LogP contribution is 2.13. The summed E-state index contributed by atoms with van der Waals surface area (Å²) in [7, 11) is 4.10. The third-order valence-electron chi connectivity index (χ3n) is 3.34. The molecular weight excluding hydrogens is 224 g/mol. The van der Waals surface area contributed by atoms with Gasteiger partial charge in [0.25, 0.3) is 0 Å². The van der Waals surface area contributed by atoms with Gasteiger partial charge in [0.2, 0.25) is 0 Å². The molecule has 0 heterocycles. The van der Waals surface area contributed by atoms with Gasteiger partial charge in [-0.05, 0) is 45.1 Å². The van der Waals surface area contributed by atoms with E-state index in [4.69, 9.17) is 4.74 Å². The Labute approximate surface area is 111 Å². The zero-order chi connectivity index (χ0) is 13.4. The second-order valence-electron chi connectivity index (χ2n) is 4.76. The molecule has 0 fully saturated rings. The van der Waals surface area contributed by atoms with E-state index in [2.05, 4.69) is 43.2 Å². The van der Waals surface area contributed by atoms with Gasteiger partial charge in [-0.2, -0.15) is 0 Å². The van der Waals surface area contributed by atoms with Crippen molar-refractivity contribution in [3.8, 4) is 5.75 Å². The molecule has 0 aromatic heterocycles. The molecule has 3 nitrogen and oxygen atoms in total. The van der Waals surface area contributed by atoms with E-state index in [-0.39, 0.29) is 0 Å². The van der Waals surface area contributed by atoms with Gasteiger partial charge >= 0.3 is 0 Å². The molecule has 1 unspecified atom stereocenters. The molecule has 0 amide bonds. The predicted octanol–water partition coefficient (Wildman–Crippen LogP) is 2.52. The van der Waals surface area contributed by atoms with Crippen LogP contribution in [0.4, 0.5) is 0 Å². The van der Waals surface area contributed by atoms with Crippen LogP contribution in [-0.4, -0.2) is 38.2 Å². The first-order chi connectivity index (χ1) is 8.67. The molecule has 18 heavy (non-hydrogen) atoms. The molecule has 3 heteroatoms. The predicted molar refractivity (Wildman–Crippen MR) is 77.1 cm³/mol. The highest BCUT2D eigenvalue weighted by Gasteiger charge is 2.06. The summed E-state index contributed by atoms with van der Waals surface area (Å²) >= 11 is 0. The normalized spacial score (nSPS) is 12.7. The SMILES string of the molecule is CCC(C)N(C)CCOc1cccc(CNC)c1. The third-order valence-corrected chi connectivity index (χ3v) is 3.34. The molecule has 1 atom stereocenters. The molecule has 1 rings (SSSR count). The quantitative estimate of drug-likeness (QED) is 0.767. The lowest BCUT2D eigenvalue weighted by Crippen LogP contribution is -2.32. The van der Waals surface area contributed by atoms with E-state index in [9.17, 15) is 0 Å². The summed E-state index contributed by atoms with van der Waals surface area (Å²) < 4.78 is 5.79. The van der Waals surface area contributed by atoms with Crippen LogP contribution in [-0.2, 0) is 6.54 Å². The first-order valence-corrected chi connectivity index (χ1v) is 6.74. The molecule has 1 aromatic rings. The smallest absolute Gasteiger partial charge is 0.119 e. The second kappa shape index (κ2) is 8.11. The lowest BCUT2D eigenvalue weighted by Gasteiger charge is -2.23. The highest BCUT2D eigenvalue weighted by molar-refractivity contribution is 5.28. The molecule has 0 aliphatic heterocycles.